The predicted octanol–water partition coefficient (Wildman–Crippen LogP) is 4.74. The number of carbonyl (C=O) groups is 1. The molecule has 126 valence electrons. The monoisotopic (exact) mass is 352 g/mol. The molecule has 0 saturated heterocycles. The number of halogens is 1. The lowest BCUT2D eigenvalue weighted by atomic mass is 10.1. The molecular weight excluding hydrogens is 336 g/mol. The third kappa shape index (κ3) is 4.33. The van der Waals surface area contributed by atoms with Crippen molar-refractivity contribution in [2.45, 2.75) is 13.8 Å². The standard InChI is InChI=1S/C19H17ClN4O/c1-12-3-8-16(13(2)9-12)24-19(25)17-10-22-18(11-21-17)23-15-6-4-14(20)5-7-15/h3-11H,1-2H3,(H,22,23)(H,24,25). The number of benzene rings is 2. The number of rotatable bonds is 4. The van der Waals surface area contributed by atoms with Gasteiger partial charge < -0.3 is 10.6 Å². The number of amides is 1. The number of hydrogen-bond acceptors (Lipinski definition) is 4. The first-order valence-electron chi connectivity index (χ1n) is 7.74. The first-order valence-corrected chi connectivity index (χ1v) is 8.12. The van der Waals surface area contributed by atoms with Crippen LogP contribution in [-0.4, -0.2) is 15.9 Å². The molecule has 1 heterocycles. The van der Waals surface area contributed by atoms with Gasteiger partial charge in [-0.2, -0.15) is 0 Å². The van der Waals surface area contributed by atoms with E-state index >= 15 is 0 Å². The normalized spacial score (nSPS) is 10.4. The number of aromatic nitrogens is 2. The van der Waals surface area contributed by atoms with Crippen LogP contribution in [0.2, 0.25) is 5.02 Å². The zero-order chi connectivity index (χ0) is 17.8. The van der Waals surface area contributed by atoms with Crippen molar-refractivity contribution in [1.29, 1.82) is 0 Å². The zero-order valence-corrected chi connectivity index (χ0v) is 14.6. The Morgan fingerprint density at radius 3 is 2.40 bits per heavy atom. The van der Waals surface area contributed by atoms with Gasteiger partial charge in [0.25, 0.3) is 5.91 Å². The average molecular weight is 353 g/mol. The molecule has 0 unspecified atom stereocenters. The molecular formula is C19H17ClN4O. The smallest absolute Gasteiger partial charge is 0.275 e. The highest BCUT2D eigenvalue weighted by Gasteiger charge is 2.10. The summed E-state index contributed by atoms with van der Waals surface area (Å²) in [6.45, 7) is 3.96. The highest BCUT2D eigenvalue weighted by atomic mass is 35.5. The van der Waals surface area contributed by atoms with Gasteiger partial charge in [-0.3, -0.25) is 4.79 Å². The fraction of sp³-hybridized carbons (Fsp3) is 0.105. The molecule has 0 aliphatic rings. The fourth-order valence-corrected chi connectivity index (χ4v) is 2.46. The highest BCUT2D eigenvalue weighted by molar-refractivity contribution is 6.30. The number of anilines is 3. The Balaban J connectivity index is 1.68. The van der Waals surface area contributed by atoms with Crippen molar-refractivity contribution in [2.75, 3.05) is 10.6 Å². The van der Waals surface area contributed by atoms with Gasteiger partial charge in [-0.25, -0.2) is 9.97 Å². The molecule has 0 fully saturated rings. The van der Waals surface area contributed by atoms with Crippen LogP contribution < -0.4 is 10.6 Å². The van der Waals surface area contributed by atoms with Crippen LogP contribution >= 0.6 is 11.6 Å². The Hall–Kier alpha value is -2.92. The minimum absolute atomic E-state index is 0.252. The molecule has 1 amide bonds. The predicted molar refractivity (Wildman–Crippen MR) is 101 cm³/mol. The molecule has 3 rings (SSSR count). The summed E-state index contributed by atoms with van der Waals surface area (Å²) in [5, 5.41) is 6.61. The van der Waals surface area contributed by atoms with Crippen molar-refractivity contribution >= 4 is 34.7 Å². The molecule has 1 aromatic heterocycles. The van der Waals surface area contributed by atoms with Crippen molar-refractivity contribution in [1.82, 2.24) is 9.97 Å². The second kappa shape index (κ2) is 7.32. The summed E-state index contributed by atoms with van der Waals surface area (Å²) in [7, 11) is 0. The third-order valence-corrected chi connectivity index (χ3v) is 3.88. The van der Waals surface area contributed by atoms with Crippen LogP contribution in [0.15, 0.2) is 54.9 Å². The molecule has 2 aromatic carbocycles. The Morgan fingerprint density at radius 1 is 1.00 bits per heavy atom. The number of aryl methyl sites for hydroxylation is 2. The Bertz CT molecular complexity index is 892. The lowest BCUT2D eigenvalue weighted by molar-refractivity contribution is 0.102. The van der Waals surface area contributed by atoms with E-state index < -0.39 is 0 Å². The van der Waals surface area contributed by atoms with E-state index in [-0.39, 0.29) is 11.6 Å². The van der Waals surface area contributed by atoms with Crippen LogP contribution in [0, 0.1) is 13.8 Å². The van der Waals surface area contributed by atoms with Gasteiger partial charge in [0.1, 0.15) is 11.5 Å². The van der Waals surface area contributed by atoms with Crippen LogP contribution in [-0.2, 0) is 0 Å². The summed E-state index contributed by atoms with van der Waals surface area (Å²) in [5.41, 5.74) is 4.00. The van der Waals surface area contributed by atoms with E-state index in [1.54, 1.807) is 12.1 Å². The fourth-order valence-electron chi connectivity index (χ4n) is 2.33. The van der Waals surface area contributed by atoms with Crippen molar-refractivity contribution in [2.24, 2.45) is 0 Å². The second-order valence-corrected chi connectivity index (χ2v) is 6.13. The molecule has 0 bridgehead atoms. The van der Waals surface area contributed by atoms with Gasteiger partial charge in [-0.05, 0) is 49.7 Å². The highest BCUT2D eigenvalue weighted by Crippen LogP contribution is 2.18. The minimum atomic E-state index is -0.294. The van der Waals surface area contributed by atoms with Crippen molar-refractivity contribution in [3.63, 3.8) is 0 Å². The molecule has 3 aromatic rings. The van der Waals surface area contributed by atoms with Crippen LogP contribution in [0.5, 0.6) is 0 Å². The maximum atomic E-state index is 12.3. The molecule has 25 heavy (non-hydrogen) atoms. The van der Waals surface area contributed by atoms with Gasteiger partial charge in [0, 0.05) is 16.4 Å². The summed E-state index contributed by atoms with van der Waals surface area (Å²) >= 11 is 5.86. The Kier molecular flexibility index (Phi) is 4.95. The van der Waals surface area contributed by atoms with Crippen LogP contribution in [0.4, 0.5) is 17.2 Å². The minimum Gasteiger partial charge on any atom is -0.339 e. The molecule has 2 N–H and O–H groups in total. The Morgan fingerprint density at radius 2 is 1.76 bits per heavy atom. The van der Waals surface area contributed by atoms with Gasteiger partial charge >= 0.3 is 0 Å². The Labute approximate surface area is 151 Å². The first-order chi connectivity index (χ1) is 12.0. The van der Waals surface area contributed by atoms with E-state index in [1.807, 2.05) is 44.2 Å². The molecule has 0 aliphatic carbocycles. The van der Waals surface area contributed by atoms with E-state index in [0.717, 1.165) is 22.5 Å². The van der Waals surface area contributed by atoms with Gasteiger partial charge in [0.15, 0.2) is 0 Å². The van der Waals surface area contributed by atoms with Crippen molar-refractivity contribution < 1.29 is 4.79 Å². The van der Waals surface area contributed by atoms with Crippen LogP contribution in [0.25, 0.3) is 0 Å². The first kappa shape index (κ1) is 16.9. The van der Waals surface area contributed by atoms with Gasteiger partial charge in [-0.15, -0.1) is 0 Å². The number of nitrogens with one attached hydrogen (secondary N) is 2. The molecule has 5 nitrogen and oxygen atoms in total. The summed E-state index contributed by atoms with van der Waals surface area (Å²) in [4.78, 5) is 20.7. The number of nitrogens with zero attached hydrogens (tertiary/aromatic N) is 2. The van der Waals surface area contributed by atoms with Gasteiger partial charge in [0.2, 0.25) is 0 Å². The maximum absolute atomic E-state index is 12.3. The van der Waals surface area contributed by atoms with Crippen LogP contribution in [0.1, 0.15) is 21.6 Å². The van der Waals surface area contributed by atoms with E-state index in [4.69, 9.17) is 11.6 Å². The summed E-state index contributed by atoms with van der Waals surface area (Å²) in [6.07, 6.45) is 2.96. The third-order valence-electron chi connectivity index (χ3n) is 3.63. The number of carbonyl (C=O) groups excluding carboxylic acids is 1. The number of hydrogen-bond donors (Lipinski definition) is 2. The van der Waals surface area contributed by atoms with Crippen molar-refractivity contribution in [3.8, 4) is 0 Å². The SMILES string of the molecule is Cc1ccc(NC(=O)c2cnc(Nc3ccc(Cl)cc3)cn2)c(C)c1. The lowest BCUT2D eigenvalue weighted by Gasteiger charge is -2.09. The lowest BCUT2D eigenvalue weighted by Crippen LogP contribution is -2.15. The summed E-state index contributed by atoms with van der Waals surface area (Å²) < 4.78 is 0. The summed E-state index contributed by atoms with van der Waals surface area (Å²) in [5.74, 6) is 0.253. The average Bonchev–Trinajstić information content (AvgIpc) is 2.60. The molecule has 0 spiro atoms. The summed E-state index contributed by atoms with van der Waals surface area (Å²) in [6, 6.07) is 13.1. The van der Waals surface area contributed by atoms with E-state index in [1.165, 1.54) is 12.4 Å². The van der Waals surface area contributed by atoms with Crippen molar-refractivity contribution in [3.05, 3.63) is 76.7 Å². The molecule has 0 saturated carbocycles. The molecule has 0 atom stereocenters. The molecule has 6 heteroatoms. The largest absolute Gasteiger partial charge is 0.339 e. The molecule has 0 aliphatic heterocycles. The van der Waals surface area contributed by atoms with Crippen LogP contribution in [0.3, 0.4) is 0 Å². The van der Waals surface area contributed by atoms with E-state index in [2.05, 4.69) is 20.6 Å². The second-order valence-electron chi connectivity index (χ2n) is 5.69. The topological polar surface area (TPSA) is 66.9 Å². The molecule has 0 radical (unpaired) electrons. The maximum Gasteiger partial charge on any atom is 0.275 e. The zero-order valence-electron chi connectivity index (χ0n) is 13.9. The quantitative estimate of drug-likeness (QED) is 0.711. The van der Waals surface area contributed by atoms with Gasteiger partial charge in [0.05, 0.1) is 12.4 Å². The van der Waals surface area contributed by atoms with Gasteiger partial charge in [-0.1, -0.05) is 29.3 Å². The van der Waals surface area contributed by atoms with E-state index in [0.29, 0.717) is 10.8 Å². The van der Waals surface area contributed by atoms with E-state index in [9.17, 15) is 4.79 Å².